The highest BCUT2D eigenvalue weighted by molar-refractivity contribution is 9.09. The van der Waals surface area contributed by atoms with Gasteiger partial charge in [0.25, 0.3) is 0 Å². The first-order valence-corrected chi connectivity index (χ1v) is 6.28. The minimum absolute atomic E-state index is 0.0158. The number of nitrogens with zero attached hydrogens (tertiary/aromatic N) is 2. The molecule has 0 unspecified atom stereocenters. The number of anilines is 1. The third-order valence-electron chi connectivity index (χ3n) is 1.56. The third kappa shape index (κ3) is 4.15. The maximum Gasteiger partial charge on any atom is 0.226 e. The first-order valence-electron chi connectivity index (χ1n) is 4.38. The number of aryl methyl sites for hydroxylation is 1. The topological polar surface area (TPSA) is 54.9 Å². The van der Waals surface area contributed by atoms with Crippen LogP contribution in [0.15, 0.2) is 0 Å². The Hall–Kier alpha value is -0.490. The second-order valence-corrected chi connectivity index (χ2v) is 4.39. The van der Waals surface area contributed by atoms with Gasteiger partial charge < -0.3 is 5.32 Å². The molecule has 1 heterocycles. The minimum Gasteiger partial charge on any atom is -0.301 e. The van der Waals surface area contributed by atoms with E-state index in [1.165, 1.54) is 11.5 Å². The fourth-order valence-corrected chi connectivity index (χ4v) is 1.90. The van der Waals surface area contributed by atoms with Gasteiger partial charge in [0, 0.05) is 23.3 Å². The van der Waals surface area contributed by atoms with Crippen molar-refractivity contribution in [2.24, 2.45) is 0 Å². The van der Waals surface area contributed by atoms with Gasteiger partial charge in [-0.3, -0.25) is 4.79 Å². The first kappa shape index (κ1) is 11.6. The Morgan fingerprint density at radius 2 is 2.36 bits per heavy atom. The zero-order chi connectivity index (χ0) is 10.4. The maximum atomic E-state index is 11.3. The highest BCUT2D eigenvalue weighted by Crippen LogP contribution is 2.10. The SMILES string of the molecule is Cc1nsc(NC(=O)CCCCBr)n1. The summed E-state index contributed by atoms with van der Waals surface area (Å²) >= 11 is 4.53. The summed E-state index contributed by atoms with van der Waals surface area (Å²) in [7, 11) is 0. The molecule has 4 nitrogen and oxygen atoms in total. The molecule has 0 aliphatic heterocycles. The molecule has 0 aliphatic carbocycles. The second kappa shape index (κ2) is 6.08. The van der Waals surface area contributed by atoms with Crippen molar-refractivity contribution in [3.05, 3.63) is 5.82 Å². The van der Waals surface area contributed by atoms with Crippen LogP contribution in [0.4, 0.5) is 5.13 Å². The number of rotatable bonds is 5. The highest BCUT2D eigenvalue weighted by atomic mass is 79.9. The molecule has 14 heavy (non-hydrogen) atoms. The number of aromatic nitrogens is 2. The third-order valence-corrected chi connectivity index (χ3v) is 2.84. The van der Waals surface area contributed by atoms with Gasteiger partial charge in [0.2, 0.25) is 11.0 Å². The fraction of sp³-hybridized carbons (Fsp3) is 0.625. The van der Waals surface area contributed by atoms with Crippen LogP contribution in [-0.4, -0.2) is 20.6 Å². The normalized spacial score (nSPS) is 10.1. The summed E-state index contributed by atoms with van der Waals surface area (Å²) in [6.07, 6.45) is 2.46. The minimum atomic E-state index is 0.0158. The molecule has 1 amide bonds. The summed E-state index contributed by atoms with van der Waals surface area (Å²) in [5.41, 5.74) is 0. The summed E-state index contributed by atoms with van der Waals surface area (Å²) in [6, 6.07) is 0. The van der Waals surface area contributed by atoms with E-state index in [1.807, 2.05) is 0 Å². The molecule has 1 aromatic heterocycles. The molecule has 6 heteroatoms. The standard InChI is InChI=1S/C8H12BrN3OS/c1-6-10-8(14-12-6)11-7(13)4-2-3-5-9/h2-5H2,1H3,(H,10,11,12,13). The van der Waals surface area contributed by atoms with E-state index in [0.29, 0.717) is 17.4 Å². The summed E-state index contributed by atoms with van der Waals surface area (Å²) in [5.74, 6) is 0.716. The van der Waals surface area contributed by atoms with Gasteiger partial charge in [0.1, 0.15) is 5.82 Å². The van der Waals surface area contributed by atoms with E-state index in [-0.39, 0.29) is 5.91 Å². The van der Waals surface area contributed by atoms with Gasteiger partial charge in [0.05, 0.1) is 0 Å². The lowest BCUT2D eigenvalue weighted by Gasteiger charge is -1.99. The molecular weight excluding hydrogens is 266 g/mol. The molecule has 78 valence electrons. The summed E-state index contributed by atoms with van der Waals surface area (Å²) in [5, 5.41) is 4.24. The molecule has 1 aromatic rings. The Morgan fingerprint density at radius 3 is 2.93 bits per heavy atom. The molecular formula is C8H12BrN3OS. The van der Waals surface area contributed by atoms with Crippen molar-refractivity contribution in [1.29, 1.82) is 0 Å². The van der Waals surface area contributed by atoms with Gasteiger partial charge in [-0.05, 0) is 19.8 Å². The molecule has 1 N–H and O–H groups in total. The van der Waals surface area contributed by atoms with Crippen molar-refractivity contribution in [3.63, 3.8) is 0 Å². The van der Waals surface area contributed by atoms with Gasteiger partial charge in [-0.1, -0.05) is 15.9 Å². The maximum absolute atomic E-state index is 11.3. The lowest BCUT2D eigenvalue weighted by Crippen LogP contribution is -2.10. The number of amides is 1. The van der Waals surface area contributed by atoms with Gasteiger partial charge in [-0.2, -0.15) is 4.37 Å². The average molecular weight is 278 g/mol. The van der Waals surface area contributed by atoms with E-state index in [0.717, 1.165) is 18.2 Å². The fourth-order valence-electron chi connectivity index (χ4n) is 0.910. The van der Waals surface area contributed by atoms with Crippen molar-refractivity contribution in [1.82, 2.24) is 9.36 Å². The summed E-state index contributed by atoms with van der Waals surface area (Å²) in [6.45, 7) is 1.80. The smallest absolute Gasteiger partial charge is 0.226 e. The first-order chi connectivity index (χ1) is 6.72. The number of halogens is 1. The van der Waals surface area contributed by atoms with Crippen LogP contribution in [-0.2, 0) is 4.79 Å². The molecule has 0 spiro atoms. The number of unbranched alkanes of at least 4 members (excludes halogenated alkanes) is 1. The Balaban J connectivity index is 2.27. The van der Waals surface area contributed by atoms with Crippen molar-refractivity contribution < 1.29 is 4.79 Å². The Bertz CT molecular complexity index is 303. The molecule has 0 radical (unpaired) electrons. The van der Waals surface area contributed by atoms with Crippen LogP contribution in [0.2, 0.25) is 0 Å². The quantitative estimate of drug-likeness (QED) is 0.664. The predicted octanol–water partition coefficient (Wildman–Crippen LogP) is 2.35. The van der Waals surface area contributed by atoms with E-state index in [9.17, 15) is 4.79 Å². The van der Waals surface area contributed by atoms with Crippen LogP contribution < -0.4 is 5.32 Å². The highest BCUT2D eigenvalue weighted by Gasteiger charge is 2.05. The number of hydrogen-bond donors (Lipinski definition) is 1. The van der Waals surface area contributed by atoms with Gasteiger partial charge in [0.15, 0.2) is 0 Å². The zero-order valence-corrected chi connectivity index (χ0v) is 10.3. The summed E-state index contributed by atoms with van der Waals surface area (Å²) < 4.78 is 3.97. The molecule has 0 saturated heterocycles. The Morgan fingerprint density at radius 1 is 1.57 bits per heavy atom. The van der Waals surface area contributed by atoms with Crippen LogP contribution in [0.5, 0.6) is 0 Å². The second-order valence-electron chi connectivity index (χ2n) is 2.84. The number of alkyl halides is 1. The van der Waals surface area contributed by atoms with E-state index in [4.69, 9.17) is 0 Å². The van der Waals surface area contributed by atoms with E-state index in [2.05, 4.69) is 30.6 Å². The van der Waals surface area contributed by atoms with Crippen LogP contribution in [0.3, 0.4) is 0 Å². The Kier molecular flexibility index (Phi) is 5.03. The lowest BCUT2D eigenvalue weighted by atomic mass is 10.2. The predicted molar refractivity (Wildman–Crippen MR) is 60.9 cm³/mol. The van der Waals surface area contributed by atoms with Crippen molar-refractivity contribution in [2.45, 2.75) is 26.2 Å². The number of nitrogens with one attached hydrogen (secondary N) is 1. The average Bonchev–Trinajstić information content (AvgIpc) is 2.52. The van der Waals surface area contributed by atoms with Gasteiger partial charge in [-0.15, -0.1) is 0 Å². The molecule has 0 aliphatic rings. The van der Waals surface area contributed by atoms with E-state index >= 15 is 0 Å². The molecule has 0 aromatic carbocycles. The Labute approximate surface area is 95.4 Å². The zero-order valence-electron chi connectivity index (χ0n) is 7.92. The van der Waals surface area contributed by atoms with Crippen molar-refractivity contribution >= 4 is 38.5 Å². The van der Waals surface area contributed by atoms with Crippen LogP contribution in [0.25, 0.3) is 0 Å². The molecule has 0 bridgehead atoms. The monoisotopic (exact) mass is 277 g/mol. The van der Waals surface area contributed by atoms with E-state index < -0.39 is 0 Å². The largest absolute Gasteiger partial charge is 0.301 e. The number of hydrogen-bond acceptors (Lipinski definition) is 4. The summed E-state index contributed by atoms with van der Waals surface area (Å²) in [4.78, 5) is 15.4. The molecule has 1 rings (SSSR count). The molecule has 0 saturated carbocycles. The molecule has 0 atom stereocenters. The van der Waals surface area contributed by atoms with Gasteiger partial charge >= 0.3 is 0 Å². The number of carbonyl (C=O) groups excluding carboxylic acids is 1. The number of carbonyl (C=O) groups is 1. The van der Waals surface area contributed by atoms with Gasteiger partial charge in [-0.25, -0.2) is 4.98 Å². The lowest BCUT2D eigenvalue weighted by molar-refractivity contribution is -0.116. The molecule has 0 fully saturated rings. The van der Waals surface area contributed by atoms with Crippen molar-refractivity contribution in [3.8, 4) is 0 Å². The van der Waals surface area contributed by atoms with Crippen LogP contribution in [0.1, 0.15) is 25.1 Å². The van der Waals surface area contributed by atoms with Crippen LogP contribution >= 0.6 is 27.5 Å². The van der Waals surface area contributed by atoms with Crippen molar-refractivity contribution in [2.75, 3.05) is 10.6 Å². The van der Waals surface area contributed by atoms with E-state index in [1.54, 1.807) is 6.92 Å². The van der Waals surface area contributed by atoms with Crippen LogP contribution in [0, 0.1) is 6.92 Å².